The van der Waals surface area contributed by atoms with Gasteiger partial charge >= 0.3 is 0 Å². The van der Waals surface area contributed by atoms with Crippen molar-refractivity contribution in [2.45, 2.75) is 25.9 Å². The van der Waals surface area contributed by atoms with Gasteiger partial charge in [0.15, 0.2) is 0 Å². The molecule has 150 valence electrons. The minimum Gasteiger partial charge on any atom is -0.497 e. The van der Waals surface area contributed by atoms with Gasteiger partial charge in [0.1, 0.15) is 23.1 Å². The summed E-state index contributed by atoms with van der Waals surface area (Å²) >= 11 is 7.39. The number of aromatic nitrogens is 1. The van der Waals surface area contributed by atoms with Crippen molar-refractivity contribution < 1.29 is 14.3 Å². The summed E-state index contributed by atoms with van der Waals surface area (Å²) in [6, 6.07) is 13.1. The topological polar surface area (TPSA) is 51.7 Å². The van der Waals surface area contributed by atoms with Crippen LogP contribution in [-0.4, -0.2) is 24.5 Å². The van der Waals surface area contributed by atoms with E-state index in [2.05, 4.69) is 4.98 Å². The molecular weight excluding hydrogens is 408 g/mol. The predicted molar refractivity (Wildman–Crippen MR) is 115 cm³/mol. The van der Waals surface area contributed by atoms with E-state index in [1.165, 1.54) is 11.3 Å². The third-order valence-corrected chi connectivity index (χ3v) is 5.94. The van der Waals surface area contributed by atoms with Crippen molar-refractivity contribution in [3.05, 3.63) is 69.1 Å². The number of rotatable bonds is 6. The average molecular weight is 429 g/mol. The van der Waals surface area contributed by atoms with Crippen molar-refractivity contribution in [2.75, 3.05) is 18.6 Å². The van der Waals surface area contributed by atoms with Gasteiger partial charge in [0.2, 0.25) is 5.91 Å². The molecule has 1 aromatic heterocycles. The Bertz CT molecular complexity index is 1000. The fourth-order valence-electron chi connectivity index (χ4n) is 3.38. The van der Waals surface area contributed by atoms with Crippen molar-refractivity contribution >= 4 is 34.5 Å². The first kappa shape index (κ1) is 19.7. The fourth-order valence-corrected chi connectivity index (χ4v) is 4.21. The van der Waals surface area contributed by atoms with Crippen LogP contribution in [0.25, 0.3) is 0 Å². The molecule has 0 atom stereocenters. The number of thiazole rings is 1. The van der Waals surface area contributed by atoms with Gasteiger partial charge in [0, 0.05) is 22.6 Å². The third kappa shape index (κ3) is 4.71. The second kappa shape index (κ2) is 8.84. The Morgan fingerprint density at radius 3 is 2.79 bits per heavy atom. The Morgan fingerprint density at radius 2 is 2.00 bits per heavy atom. The minimum atomic E-state index is 0.0617. The average Bonchev–Trinajstić information content (AvgIpc) is 3.19. The summed E-state index contributed by atoms with van der Waals surface area (Å²) in [6.07, 6.45) is 2.19. The van der Waals surface area contributed by atoms with Gasteiger partial charge in [-0.15, -0.1) is 11.3 Å². The van der Waals surface area contributed by atoms with Gasteiger partial charge in [-0.25, -0.2) is 4.98 Å². The van der Waals surface area contributed by atoms with Crippen LogP contribution in [0.4, 0.5) is 5.69 Å². The van der Waals surface area contributed by atoms with Crippen molar-refractivity contribution in [2.24, 2.45) is 0 Å². The van der Waals surface area contributed by atoms with Crippen molar-refractivity contribution in [1.29, 1.82) is 0 Å². The molecule has 0 fully saturated rings. The molecule has 1 amide bonds. The maximum atomic E-state index is 12.9. The Balaban J connectivity index is 1.39. The van der Waals surface area contributed by atoms with Crippen molar-refractivity contribution in [3.63, 3.8) is 0 Å². The van der Waals surface area contributed by atoms with E-state index in [1.54, 1.807) is 19.2 Å². The quantitative estimate of drug-likeness (QED) is 0.560. The number of benzene rings is 2. The van der Waals surface area contributed by atoms with E-state index in [4.69, 9.17) is 21.1 Å². The molecule has 4 rings (SSSR count). The number of hydrogen-bond acceptors (Lipinski definition) is 5. The molecule has 1 aliphatic rings. The zero-order valence-electron chi connectivity index (χ0n) is 16.1. The van der Waals surface area contributed by atoms with Gasteiger partial charge in [0.25, 0.3) is 0 Å². The Labute approximate surface area is 178 Å². The predicted octanol–water partition coefficient (Wildman–Crippen LogP) is 4.91. The number of nitrogens with zero attached hydrogens (tertiary/aromatic N) is 2. The lowest BCUT2D eigenvalue weighted by molar-refractivity contribution is -0.118. The lowest BCUT2D eigenvalue weighted by Crippen LogP contribution is -2.36. The SMILES string of the molecule is COc1ccc2c(c1)CCCN2C(=O)Cc1csc(COc2ccc(Cl)cc2)n1. The highest BCUT2D eigenvalue weighted by atomic mass is 35.5. The van der Waals surface area contributed by atoms with Crippen LogP contribution >= 0.6 is 22.9 Å². The molecule has 29 heavy (non-hydrogen) atoms. The van der Waals surface area contributed by atoms with Crippen LogP contribution in [0.15, 0.2) is 47.8 Å². The fraction of sp³-hybridized carbons (Fsp3) is 0.273. The molecule has 0 radical (unpaired) electrons. The zero-order valence-corrected chi connectivity index (χ0v) is 17.6. The first-order chi connectivity index (χ1) is 14.1. The number of halogens is 1. The number of ether oxygens (including phenoxy) is 2. The van der Waals surface area contributed by atoms with Gasteiger partial charge in [-0.1, -0.05) is 11.6 Å². The molecule has 2 aromatic carbocycles. The van der Waals surface area contributed by atoms with Crippen LogP contribution in [0.2, 0.25) is 5.02 Å². The van der Waals surface area contributed by atoms with Crippen molar-refractivity contribution in [3.8, 4) is 11.5 Å². The van der Waals surface area contributed by atoms with E-state index in [0.717, 1.165) is 52.8 Å². The molecule has 3 aromatic rings. The molecule has 2 heterocycles. The van der Waals surface area contributed by atoms with E-state index >= 15 is 0 Å². The van der Waals surface area contributed by atoms with E-state index in [-0.39, 0.29) is 12.3 Å². The summed E-state index contributed by atoms with van der Waals surface area (Å²) in [5, 5.41) is 3.44. The van der Waals surface area contributed by atoms with Crippen LogP contribution in [0, 0.1) is 0 Å². The zero-order chi connectivity index (χ0) is 20.2. The molecule has 0 saturated carbocycles. The molecule has 7 heteroatoms. The van der Waals surface area contributed by atoms with Gasteiger partial charge < -0.3 is 14.4 Å². The van der Waals surface area contributed by atoms with Gasteiger partial charge in [-0.2, -0.15) is 0 Å². The summed E-state index contributed by atoms with van der Waals surface area (Å²) in [7, 11) is 1.66. The highest BCUT2D eigenvalue weighted by molar-refractivity contribution is 7.09. The molecule has 0 bridgehead atoms. The molecule has 5 nitrogen and oxygen atoms in total. The third-order valence-electron chi connectivity index (χ3n) is 4.81. The van der Waals surface area contributed by atoms with E-state index in [1.807, 2.05) is 40.6 Å². The Morgan fingerprint density at radius 1 is 1.21 bits per heavy atom. The van der Waals surface area contributed by atoms with Crippen LogP contribution in [0.1, 0.15) is 22.7 Å². The number of fused-ring (bicyclic) bond motifs is 1. The molecule has 0 aliphatic carbocycles. The Kier molecular flexibility index (Phi) is 6.02. The molecule has 0 unspecified atom stereocenters. The molecule has 1 aliphatic heterocycles. The largest absolute Gasteiger partial charge is 0.497 e. The van der Waals surface area contributed by atoms with E-state index in [9.17, 15) is 4.79 Å². The summed E-state index contributed by atoms with van der Waals surface area (Å²) in [4.78, 5) is 19.3. The van der Waals surface area contributed by atoms with E-state index in [0.29, 0.717) is 11.6 Å². The van der Waals surface area contributed by atoms with Crippen molar-refractivity contribution in [1.82, 2.24) is 4.98 Å². The Hall–Kier alpha value is -2.57. The van der Waals surface area contributed by atoms with E-state index < -0.39 is 0 Å². The lowest BCUT2D eigenvalue weighted by atomic mass is 10.0. The van der Waals surface area contributed by atoms with Gasteiger partial charge in [0.05, 0.1) is 19.2 Å². The maximum absolute atomic E-state index is 12.9. The number of anilines is 1. The summed E-state index contributed by atoms with van der Waals surface area (Å²) in [5.74, 6) is 1.62. The molecular formula is C22H21ClN2O3S. The molecule has 0 N–H and O–H groups in total. The highest BCUT2D eigenvalue weighted by Gasteiger charge is 2.23. The normalized spacial score (nSPS) is 13.1. The smallest absolute Gasteiger partial charge is 0.233 e. The number of aryl methyl sites for hydroxylation is 1. The number of amides is 1. The highest BCUT2D eigenvalue weighted by Crippen LogP contribution is 2.31. The van der Waals surface area contributed by atoms with Gasteiger partial charge in [-0.3, -0.25) is 4.79 Å². The van der Waals surface area contributed by atoms with Crippen LogP contribution in [0.3, 0.4) is 0 Å². The summed E-state index contributed by atoms with van der Waals surface area (Å²) < 4.78 is 11.0. The number of methoxy groups -OCH3 is 1. The van der Waals surface area contributed by atoms with Crippen LogP contribution < -0.4 is 14.4 Å². The monoisotopic (exact) mass is 428 g/mol. The first-order valence-electron chi connectivity index (χ1n) is 9.41. The second-order valence-electron chi connectivity index (χ2n) is 6.80. The van der Waals surface area contributed by atoms with Gasteiger partial charge in [-0.05, 0) is 60.9 Å². The maximum Gasteiger partial charge on any atom is 0.233 e. The number of carbonyl (C=O) groups is 1. The lowest BCUT2D eigenvalue weighted by Gasteiger charge is -2.29. The number of hydrogen-bond donors (Lipinski definition) is 0. The molecule has 0 saturated heterocycles. The van der Waals surface area contributed by atoms with Crippen LogP contribution in [-0.2, 0) is 24.2 Å². The molecule has 0 spiro atoms. The summed E-state index contributed by atoms with van der Waals surface area (Å²) in [5.41, 5.74) is 2.90. The summed E-state index contributed by atoms with van der Waals surface area (Å²) in [6.45, 7) is 1.10. The standard InChI is InChI=1S/C22H21ClN2O3S/c1-27-19-8-9-20-15(11-19)3-2-10-25(20)22(26)12-17-14-29-21(24-17)13-28-18-6-4-16(23)5-7-18/h4-9,11,14H,2-3,10,12-13H2,1H3. The minimum absolute atomic E-state index is 0.0617. The second-order valence-corrected chi connectivity index (χ2v) is 8.17. The number of carbonyl (C=O) groups excluding carboxylic acids is 1. The first-order valence-corrected chi connectivity index (χ1v) is 10.7. The van der Waals surface area contributed by atoms with Crippen LogP contribution in [0.5, 0.6) is 11.5 Å².